The largest absolute Gasteiger partial charge is 0.476 e. The van der Waals surface area contributed by atoms with Crippen LogP contribution in [0, 0.1) is 6.92 Å². The SMILES string of the molecule is CCOc1nc(NC(C)c2ccccc2C)ccc1N. The summed E-state index contributed by atoms with van der Waals surface area (Å²) in [5.74, 6) is 1.24. The molecule has 4 heteroatoms. The predicted octanol–water partition coefficient (Wildman–Crippen LogP) is 3.54. The standard InChI is InChI=1S/C16H21N3O/c1-4-20-16-14(17)9-10-15(19-16)18-12(3)13-8-6-5-7-11(13)2/h5-10,12H,4,17H2,1-3H3,(H,18,19). The van der Waals surface area contributed by atoms with Gasteiger partial charge in [0.25, 0.3) is 0 Å². The molecule has 4 nitrogen and oxygen atoms in total. The van der Waals surface area contributed by atoms with Crippen molar-refractivity contribution in [1.29, 1.82) is 0 Å². The number of nitrogens with zero attached hydrogens (tertiary/aromatic N) is 1. The number of aromatic nitrogens is 1. The zero-order chi connectivity index (χ0) is 14.5. The van der Waals surface area contributed by atoms with Gasteiger partial charge in [-0.2, -0.15) is 4.98 Å². The number of anilines is 2. The van der Waals surface area contributed by atoms with Crippen LogP contribution in [0.3, 0.4) is 0 Å². The second-order valence-electron chi connectivity index (χ2n) is 4.75. The maximum Gasteiger partial charge on any atom is 0.239 e. The third-order valence-corrected chi connectivity index (χ3v) is 3.19. The van der Waals surface area contributed by atoms with Crippen molar-refractivity contribution < 1.29 is 4.74 Å². The van der Waals surface area contributed by atoms with E-state index in [4.69, 9.17) is 10.5 Å². The summed E-state index contributed by atoms with van der Waals surface area (Å²) in [7, 11) is 0. The van der Waals surface area contributed by atoms with Gasteiger partial charge < -0.3 is 15.8 Å². The number of rotatable bonds is 5. The predicted molar refractivity (Wildman–Crippen MR) is 83.0 cm³/mol. The minimum Gasteiger partial charge on any atom is -0.476 e. The molecule has 2 rings (SSSR count). The average molecular weight is 271 g/mol. The summed E-state index contributed by atoms with van der Waals surface area (Å²) in [5, 5.41) is 3.38. The molecule has 3 N–H and O–H groups in total. The molecule has 1 unspecified atom stereocenters. The fraction of sp³-hybridized carbons (Fsp3) is 0.312. The molecule has 0 aliphatic heterocycles. The number of benzene rings is 1. The van der Waals surface area contributed by atoms with E-state index in [-0.39, 0.29) is 6.04 Å². The van der Waals surface area contributed by atoms with Crippen LogP contribution < -0.4 is 15.8 Å². The third-order valence-electron chi connectivity index (χ3n) is 3.19. The van der Waals surface area contributed by atoms with Crippen LogP contribution in [0.2, 0.25) is 0 Å². The lowest BCUT2D eigenvalue weighted by atomic mass is 10.0. The van der Waals surface area contributed by atoms with Gasteiger partial charge in [0.2, 0.25) is 5.88 Å². The summed E-state index contributed by atoms with van der Waals surface area (Å²) in [6.45, 7) is 6.68. The van der Waals surface area contributed by atoms with Gasteiger partial charge in [-0.15, -0.1) is 0 Å². The molecule has 106 valence electrons. The van der Waals surface area contributed by atoms with E-state index in [2.05, 4.69) is 36.3 Å². The second-order valence-corrected chi connectivity index (χ2v) is 4.75. The molecule has 2 aromatic rings. The molecule has 0 spiro atoms. The van der Waals surface area contributed by atoms with E-state index in [9.17, 15) is 0 Å². The highest BCUT2D eigenvalue weighted by Crippen LogP contribution is 2.25. The van der Waals surface area contributed by atoms with Crippen molar-refractivity contribution in [3.63, 3.8) is 0 Å². The minimum absolute atomic E-state index is 0.168. The van der Waals surface area contributed by atoms with E-state index >= 15 is 0 Å². The van der Waals surface area contributed by atoms with Gasteiger partial charge >= 0.3 is 0 Å². The number of aryl methyl sites for hydroxylation is 1. The molecular formula is C16H21N3O. The minimum atomic E-state index is 0.168. The van der Waals surface area contributed by atoms with E-state index in [1.165, 1.54) is 11.1 Å². The van der Waals surface area contributed by atoms with E-state index in [1.54, 1.807) is 0 Å². The smallest absolute Gasteiger partial charge is 0.239 e. The molecule has 0 bridgehead atoms. The first-order valence-corrected chi connectivity index (χ1v) is 6.83. The summed E-state index contributed by atoms with van der Waals surface area (Å²) in [4.78, 5) is 4.40. The first-order chi connectivity index (χ1) is 9.61. The van der Waals surface area contributed by atoms with Crippen molar-refractivity contribution >= 4 is 11.5 Å². The molecular weight excluding hydrogens is 250 g/mol. The van der Waals surface area contributed by atoms with Crippen LogP contribution in [0.15, 0.2) is 36.4 Å². The highest BCUT2D eigenvalue weighted by molar-refractivity contribution is 5.54. The Labute approximate surface area is 120 Å². The molecule has 0 aliphatic rings. The van der Waals surface area contributed by atoms with Crippen molar-refractivity contribution in [3.8, 4) is 5.88 Å². The van der Waals surface area contributed by atoms with Crippen molar-refractivity contribution in [2.75, 3.05) is 17.7 Å². The molecule has 1 aromatic heterocycles. The highest BCUT2D eigenvalue weighted by Gasteiger charge is 2.10. The summed E-state index contributed by atoms with van der Waals surface area (Å²) < 4.78 is 5.41. The van der Waals surface area contributed by atoms with Gasteiger partial charge in [0, 0.05) is 0 Å². The summed E-state index contributed by atoms with van der Waals surface area (Å²) in [5.41, 5.74) is 8.89. The fourth-order valence-electron chi connectivity index (χ4n) is 2.16. The molecule has 1 atom stereocenters. The van der Waals surface area contributed by atoms with Crippen LogP contribution in [-0.4, -0.2) is 11.6 Å². The van der Waals surface area contributed by atoms with Crippen LogP contribution in [0.25, 0.3) is 0 Å². The lowest BCUT2D eigenvalue weighted by Crippen LogP contribution is -2.10. The third kappa shape index (κ3) is 3.20. The van der Waals surface area contributed by atoms with Gasteiger partial charge in [0.05, 0.1) is 18.3 Å². The van der Waals surface area contributed by atoms with E-state index < -0.39 is 0 Å². The number of nitrogen functional groups attached to an aromatic ring is 1. The van der Waals surface area contributed by atoms with E-state index in [0.717, 1.165) is 5.82 Å². The number of hydrogen-bond donors (Lipinski definition) is 2. The Hall–Kier alpha value is -2.23. The number of ether oxygens (including phenoxy) is 1. The van der Waals surface area contributed by atoms with Crippen LogP contribution in [-0.2, 0) is 0 Å². The Morgan fingerprint density at radius 2 is 2.00 bits per heavy atom. The maximum absolute atomic E-state index is 5.83. The van der Waals surface area contributed by atoms with Gasteiger partial charge in [-0.1, -0.05) is 24.3 Å². The van der Waals surface area contributed by atoms with Gasteiger partial charge in [-0.25, -0.2) is 0 Å². The number of nitrogens with two attached hydrogens (primary N) is 1. The van der Waals surface area contributed by atoms with Gasteiger partial charge in [0.15, 0.2) is 0 Å². The molecule has 1 heterocycles. The zero-order valence-corrected chi connectivity index (χ0v) is 12.2. The molecule has 0 amide bonds. The van der Waals surface area contributed by atoms with Gasteiger partial charge in [-0.3, -0.25) is 0 Å². The van der Waals surface area contributed by atoms with E-state index in [0.29, 0.717) is 18.2 Å². The second kappa shape index (κ2) is 6.28. The monoisotopic (exact) mass is 271 g/mol. The van der Waals surface area contributed by atoms with Crippen molar-refractivity contribution in [2.24, 2.45) is 0 Å². The molecule has 0 fully saturated rings. The van der Waals surface area contributed by atoms with Crippen LogP contribution in [0.1, 0.15) is 31.0 Å². The Kier molecular flexibility index (Phi) is 4.45. The number of nitrogens with one attached hydrogen (secondary N) is 1. The maximum atomic E-state index is 5.83. The average Bonchev–Trinajstić information content (AvgIpc) is 2.43. The normalized spacial score (nSPS) is 11.9. The summed E-state index contributed by atoms with van der Waals surface area (Å²) >= 11 is 0. The molecule has 20 heavy (non-hydrogen) atoms. The van der Waals surface area contributed by atoms with Crippen molar-refractivity contribution in [2.45, 2.75) is 26.8 Å². The highest BCUT2D eigenvalue weighted by atomic mass is 16.5. The number of hydrogen-bond acceptors (Lipinski definition) is 4. The summed E-state index contributed by atoms with van der Waals surface area (Å²) in [6, 6.07) is 12.2. The van der Waals surface area contributed by atoms with Crippen LogP contribution in [0.5, 0.6) is 5.88 Å². The molecule has 0 saturated heterocycles. The number of pyridine rings is 1. The Balaban J connectivity index is 2.17. The lowest BCUT2D eigenvalue weighted by Gasteiger charge is -2.18. The lowest BCUT2D eigenvalue weighted by molar-refractivity contribution is 0.329. The molecule has 0 aliphatic carbocycles. The Morgan fingerprint density at radius 3 is 2.70 bits per heavy atom. The Morgan fingerprint density at radius 1 is 1.25 bits per heavy atom. The van der Waals surface area contributed by atoms with E-state index in [1.807, 2.05) is 31.2 Å². The molecule has 0 radical (unpaired) electrons. The Bertz CT molecular complexity index is 584. The fourth-order valence-corrected chi connectivity index (χ4v) is 2.16. The van der Waals surface area contributed by atoms with Crippen molar-refractivity contribution in [3.05, 3.63) is 47.5 Å². The topological polar surface area (TPSA) is 60.2 Å². The first-order valence-electron chi connectivity index (χ1n) is 6.83. The van der Waals surface area contributed by atoms with Gasteiger partial charge in [0.1, 0.15) is 5.82 Å². The van der Waals surface area contributed by atoms with Crippen LogP contribution >= 0.6 is 0 Å². The quantitative estimate of drug-likeness (QED) is 0.873. The van der Waals surface area contributed by atoms with Crippen LogP contribution in [0.4, 0.5) is 11.5 Å². The first kappa shape index (κ1) is 14.2. The zero-order valence-electron chi connectivity index (χ0n) is 12.2. The summed E-state index contributed by atoms with van der Waals surface area (Å²) in [6.07, 6.45) is 0. The van der Waals surface area contributed by atoms with Gasteiger partial charge in [-0.05, 0) is 44.0 Å². The van der Waals surface area contributed by atoms with Crippen molar-refractivity contribution in [1.82, 2.24) is 4.98 Å². The molecule has 1 aromatic carbocycles. The molecule has 0 saturated carbocycles.